The second-order valence-corrected chi connectivity index (χ2v) is 9.44. The molecule has 2 aliphatic rings. The number of nitrogens with zero attached hydrogens (tertiary/aromatic N) is 3. The summed E-state index contributed by atoms with van der Waals surface area (Å²) in [5.41, 5.74) is -1.17. The average molecular weight is 499 g/mol. The molecule has 3 rings (SSSR count). The Morgan fingerprint density at radius 3 is 2.60 bits per heavy atom. The van der Waals surface area contributed by atoms with E-state index < -0.39 is 23.7 Å². The van der Waals surface area contributed by atoms with Gasteiger partial charge in [0.05, 0.1) is 23.7 Å². The zero-order valence-electron chi connectivity index (χ0n) is 20.4. The second-order valence-electron chi connectivity index (χ2n) is 9.44. The van der Waals surface area contributed by atoms with Gasteiger partial charge in [-0.2, -0.15) is 13.2 Å². The van der Waals surface area contributed by atoms with Crippen LogP contribution >= 0.6 is 0 Å². The molecule has 11 heteroatoms. The van der Waals surface area contributed by atoms with E-state index in [9.17, 15) is 27.6 Å². The van der Waals surface area contributed by atoms with Crippen LogP contribution < -0.4 is 10.1 Å². The topological polar surface area (TPSA) is 82.2 Å². The first-order chi connectivity index (χ1) is 16.5. The average Bonchev–Trinajstić information content (AvgIpc) is 2.80. The summed E-state index contributed by atoms with van der Waals surface area (Å²) in [6.45, 7) is 7.84. The molecule has 8 nitrogen and oxygen atoms in total. The molecule has 1 aromatic carbocycles. The van der Waals surface area contributed by atoms with Gasteiger partial charge in [0.15, 0.2) is 0 Å². The summed E-state index contributed by atoms with van der Waals surface area (Å²) in [5, 5.41) is 2.67. The third-order valence-electron chi connectivity index (χ3n) is 6.33. The first kappa shape index (κ1) is 26.8. The molecule has 1 atom stereocenters. The molecule has 0 unspecified atom stereocenters. The predicted molar refractivity (Wildman–Crippen MR) is 123 cm³/mol. The number of nitrogens with one attached hydrogen (secondary N) is 1. The first-order valence-electron chi connectivity index (χ1n) is 11.8. The van der Waals surface area contributed by atoms with Crippen molar-refractivity contribution in [3.05, 3.63) is 29.3 Å². The van der Waals surface area contributed by atoms with Gasteiger partial charge >= 0.3 is 6.18 Å². The van der Waals surface area contributed by atoms with Gasteiger partial charge in [-0.3, -0.25) is 19.3 Å². The van der Waals surface area contributed by atoms with Crippen molar-refractivity contribution in [1.82, 2.24) is 20.0 Å². The molecule has 194 valence electrons. The third kappa shape index (κ3) is 7.09. The zero-order valence-corrected chi connectivity index (χ0v) is 20.4. The smallest absolute Gasteiger partial charge is 0.416 e. The number of piperazine rings is 1. The molecule has 3 amide bonds. The van der Waals surface area contributed by atoms with Gasteiger partial charge in [0.25, 0.3) is 5.91 Å². The van der Waals surface area contributed by atoms with Crippen molar-refractivity contribution in [3.63, 3.8) is 0 Å². The molecular formula is C24H33F3N4O4. The van der Waals surface area contributed by atoms with Crippen molar-refractivity contribution in [2.45, 2.75) is 39.4 Å². The van der Waals surface area contributed by atoms with Crippen molar-refractivity contribution < 1.29 is 32.3 Å². The molecule has 35 heavy (non-hydrogen) atoms. The molecular weight excluding hydrogens is 465 g/mol. The number of halogens is 3. The van der Waals surface area contributed by atoms with Gasteiger partial charge in [-0.25, -0.2) is 0 Å². The van der Waals surface area contributed by atoms with Crippen LogP contribution in [-0.4, -0.2) is 90.9 Å². The lowest BCUT2D eigenvalue weighted by Gasteiger charge is -2.41. The summed E-state index contributed by atoms with van der Waals surface area (Å²) in [5.74, 6) is -0.501. The fraction of sp³-hybridized carbons (Fsp3) is 0.625. The minimum absolute atomic E-state index is 0.00115. The second kappa shape index (κ2) is 11.3. The van der Waals surface area contributed by atoms with Crippen LogP contribution in [-0.2, 0) is 15.8 Å². The van der Waals surface area contributed by atoms with Gasteiger partial charge < -0.3 is 19.9 Å². The quantitative estimate of drug-likeness (QED) is 0.692. The lowest BCUT2D eigenvalue weighted by molar-refractivity contribution is -0.143. The van der Waals surface area contributed by atoms with E-state index in [4.69, 9.17) is 4.74 Å². The number of hydrogen-bond acceptors (Lipinski definition) is 5. The van der Waals surface area contributed by atoms with Crippen LogP contribution in [0.2, 0.25) is 0 Å². The van der Waals surface area contributed by atoms with E-state index in [2.05, 4.69) is 19.2 Å². The number of rotatable bonds is 3. The maximum Gasteiger partial charge on any atom is 0.416 e. The monoisotopic (exact) mass is 498 g/mol. The molecule has 0 radical (unpaired) electrons. The summed E-state index contributed by atoms with van der Waals surface area (Å²) >= 11 is 0. The minimum atomic E-state index is -4.61. The van der Waals surface area contributed by atoms with Crippen LogP contribution in [0, 0.1) is 5.92 Å². The molecule has 0 saturated carbocycles. The molecule has 2 aliphatic heterocycles. The van der Waals surface area contributed by atoms with E-state index >= 15 is 0 Å². The van der Waals surface area contributed by atoms with Crippen LogP contribution in [0.15, 0.2) is 18.2 Å². The number of benzene rings is 1. The number of carbonyl (C=O) groups is 3. The summed E-state index contributed by atoms with van der Waals surface area (Å²) in [4.78, 5) is 43.3. The number of ether oxygens (including phenoxy) is 1. The Bertz CT molecular complexity index is 938. The number of alkyl halides is 3. The fourth-order valence-electron chi connectivity index (χ4n) is 4.22. The standard InChI is InChI=1S/C24H33F3N4O4/c1-16(2)6-8-29-9-7-28-23(34)20-12-18(24(25,26)27)4-5-21(20)35-15-19-13-30(17(3)32)10-11-31(19)22(33)14-29/h4-5,12,16,19H,6-11,13-15H2,1-3H3,(H,28,34)/t19-/m0/s1. The summed E-state index contributed by atoms with van der Waals surface area (Å²) < 4.78 is 45.7. The molecule has 0 bridgehead atoms. The lowest BCUT2D eigenvalue weighted by atomic mass is 10.1. The van der Waals surface area contributed by atoms with E-state index in [0.29, 0.717) is 32.1 Å². The molecule has 0 aliphatic carbocycles. The highest BCUT2D eigenvalue weighted by atomic mass is 19.4. The van der Waals surface area contributed by atoms with Crippen molar-refractivity contribution in [2.75, 3.05) is 52.4 Å². The Morgan fingerprint density at radius 1 is 1.20 bits per heavy atom. The largest absolute Gasteiger partial charge is 0.491 e. The van der Waals surface area contributed by atoms with Gasteiger partial charge in [0.2, 0.25) is 11.8 Å². The van der Waals surface area contributed by atoms with Crippen molar-refractivity contribution >= 4 is 17.7 Å². The Morgan fingerprint density at radius 2 is 1.94 bits per heavy atom. The van der Waals surface area contributed by atoms with E-state index in [1.807, 2.05) is 4.90 Å². The van der Waals surface area contributed by atoms with E-state index in [-0.39, 0.29) is 49.4 Å². The summed E-state index contributed by atoms with van der Waals surface area (Å²) in [7, 11) is 0. The lowest BCUT2D eigenvalue weighted by Crippen LogP contribution is -2.59. The van der Waals surface area contributed by atoms with Crippen LogP contribution in [0.25, 0.3) is 0 Å². The van der Waals surface area contributed by atoms with Gasteiger partial charge in [0.1, 0.15) is 12.4 Å². The van der Waals surface area contributed by atoms with Crippen LogP contribution in [0.4, 0.5) is 13.2 Å². The highest BCUT2D eigenvalue weighted by molar-refractivity contribution is 5.97. The van der Waals surface area contributed by atoms with E-state index in [0.717, 1.165) is 24.6 Å². The third-order valence-corrected chi connectivity index (χ3v) is 6.33. The zero-order chi connectivity index (χ0) is 25.8. The molecule has 2 heterocycles. The minimum Gasteiger partial charge on any atom is -0.491 e. The molecule has 0 aromatic heterocycles. The highest BCUT2D eigenvalue weighted by Crippen LogP contribution is 2.33. The maximum absolute atomic E-state index is 13.3. The summed E-state index contributed by atoms with van der Waals surface area (Å²) in [6.07, 6.45) is -3.76. The summed E-state index contributed by atoms with van der Waals surface area (Å²) in [6, 6.07) is 2.28. The number of fused-ring (bicyclic) bond motifs is 2. The van der Waals surface area contributed by atoms with Gasteiger partial charge in [-0.1, -0.05) is 13.8 Å². The Hall–Kier alpha value is -2.82. The van der Waals surface area contributed by atoms with Crippen LogP contribution in [0.1, 0.15) is 43.1 Å². The predicted octanol–water partition coefficient (Wildman–Crippen LogP) is 2.23. The van der Waals surface area contributed by atoms with Crippen molar-refractivity contribution in [2.24, 2.45) is 5.92 Å². The molecule has 0 spiro atoms. The number of hydrogen-bond donors (Lipinski definition) is 1. The van der Waals surface area contributed by atoms with E-state index in [1.165, 1.54) is 6.92 Å². The Kier molecular flexibility index (Phi) is 8.63. The molecule has 1 fully saturated rings. The highest BCUT2D eigenvalue weighted by Gasteiger charge is 2.35. The SMILES string of the molecule is CC(=O)N1CCN2C(=O)CN(CCC(C)C)CCNC(=O)c3cc(C(F)(F)F)ccc3OC[C@@H]2C1. The fourth-order valence-corrected chi connectivity index (χ4v) is 4.22. The van der Waals surface area contributed by atoms with Crippen molar-refractivity contribution in [1.29, 1.82) is 0 Å². The Labute approximate surface area is 203 Å². The van der Waals surface area contributed by atoms with Gasteiger partial charge in [0, 0.05) is 39.6 Å². The van der Waals surface area contributed by atoms with E-state index in [1.54, 1.807) is 9.80 Å². The number of amides is 3. The molecule has 1 saturated heterocycles. The van der Waals surface area contributed by atoms with Gasteiger partial charge in [-0.05, 0) is 37.1 Å². The normalized spacial score (nSPS) is 20.7. The Balaban J connectivity index is 1.93. The molecule has 1 N–H and O–H groups in total. The van der Waals surface area contributed by atoms with Crippen LogP contribution in [0.3, 0.4) is 0 Å². The van der Waals surface area contributed by atoms with Crippen LogP contribution in [0.5, 0.6) is 5.75 Å². The van der Waals surface area contributed by atoms with Crippen molar-refractivity contribution in [3.8, 4) is 5.75 Å². The molecule has 1 aromatic rings. The number of carbonyl (C=O) groups excluding carboxylic acids is 3. The van der Waals surface area contributed by atoms with Gasteiger partial charge in [-0.15, -0.1) is 0 Å². The first-order valence-corrected chi connectivity index (χ1v) is 11.8. The maximum atomic E-state index is 13.3.